The molecule has 138 valence electrons. The number of hydrogen-bond acceptors (Lipinski definition) is 5. The largest absolute Gasteiger partial charge is 0.352 e. The van der Waals surface area contributed by atoms with Crippen molar-refractivity contribution in [2.75, 3.05) is 11.9 Å². The van der Waals surface area contributed by atoms with Crippen LogP contribution in [0.3, 0.4) is 0 Å². The van der Waals surface area contributed by atoms with Crippen molar-refractivity contribution in [1.29, 1.82) is 0 Å². The second kappa shape index (κ2) is 8.22. The Kier molecular flexibility index (Phi) is 5.55. The van der Waals surface area contributed by atoms with Crippen molar-refractivity contribution < 1.29 is 9.59 Å². The van der Waals surface area contributed by atoms with E-state index < -0.39 is 0 Å². The summed E-state index contributed by atoms with van der Waals surface area (Å²) in [5.41, 5.74) is 1.21. The number of rotatable bonds is 6. The summed E-state index contributed by atoms with van der Waals surface area (Å²) in [5, 5.41) is 13.7. The molecule has 0 aliphatic heterocycles. The third-order valence-corrected chi connectivity index (χ3v) is 3.93. The van der Waals surface area contributed by atoms with Crippen LogP contribution >= 0.6 is 0 Å². The van der Waals surface area contributed by atoms with E-state index >= 15 is 0 Å². The van der Waals surface area contributed by atoms with Gasteiger partial charge in [0.05, 0.1) is 11.9 Å². The molecule has 0 bridgehead atoms. The molecular weight excluding hydrogens is 346 g/mol. The maximum absolute atomic E-state index is 12.4. The zero-order valence-corrected chi connectivity index (χ0v) is 14.8. The molecule has 2 N–H and O–H groups in total. The fourth-order valence-electron chi connectivity index (χ4n) is 2.60. The molecule has 0 saturated heterocycles. The Bertz CT molecular complexity index is 1040. The molecule has 0 spiro atoms. The van der Waals surface area contributed by atoms with Crippen LogP contribution in [0.1, 0.15) is 23.7 Å². The Morgan fingerprint density at radius 2 is 1.93 bits per heavy atom. The Labute approximate surface area is 155 Å². The van der Waals surface area contributed by atoms with Gasteiger partial charge in [-0.2, -0.15) is 0 Å². The zero-order valence-electron chi connectivity index (χ0n) is 14.8. The topological polar surface area (TPSA) is 106 Å². The van der Waals surface area contributed by atoms with Gasteiger partial charge in [-0.15, -0.1) is 5.10 Å². The number of benzene rings is 2. The molecule has 2 aromatic carbocycles. The quantitative estimate of drug-likeness (QED) is 0.690. The van der Waals surface area contributed by atoms with Gasteiger partial charge in [0.2, 0.25) is 5.91 Å². The summed E-state index contributed by atoms with van der Waals surface area (Å²) in [6, 6.07) is 13.6. The van der Waals surface area contributed by atoms with E-state index in [4.69, 9.17) is 0 Å². The van der Waals surface area contributed by atoms with E-state index in [1.54, 1.807) is 48.5 Å². The maximum Gasteiger partial charge on any atom is 0.277 e. The first-order valence-corrected chi connectivity index (χ1v) is 8.59. The highest BCUT2D eigenvalue weighted by molar-refractivity contribution is 5.97. The van der Waals surface area contributed by atoms with E-state index in [9.17, 15) is 14.4 Å². The van der Waals surface area contributed by atoms with Crippen LogP contribution in [0.2, 0.25) is 0 Å². The van der Waals surface area contributed by atoms with E-state index in [1.807, 2.05) is 6.92 Å². The predicted octanol–water partition coefficient (Wildman–Crippen LogP) is 1.57. The highest BCUT2D eigenvalue weighted by atomic mass is 16.2. The molecule has 27 heavy (non-hydrogen) atoms. The minimum atomic E-state index is -0.287. The van der Waals surface area contributed by atoms with Crippen LogP contribution in [0, 0.1) is 0 Å². The molecule has 0 fully saturated rings. The standard InChI is InChI=1S/C19H19N5O3/c1-2-20-18(26)13-6-5-7-14(12-13)21-17(25)10-11-24-19(27)15-8-3-4-9-16(15)22-23-24/h3-9,12H,2,10-11H2,1H3,(H,20,26)(H,21,25). The van der Waals surface area contributed by atoms with Gasteiger partial charge < -0.3 is 10.6 Å². The second-order valence-corrected chi connectivity index (χ2v) is 5.87. The van der Waals surface area contributed by atoms with Crippen molar-refractivity contribution >= 4 is 28.4 Å². The van der Waals surface area contributed by atoms with Crippen molar-refractivity contribution in [3.63, 3.8) is 0 Å². The number of aromatic nitrogens is 3. The van der Waals surface area contributed by atoms with E-state index in [2.05, 4.69) is 20.9 Å². The summed E-state index contributed by atoms with van der Waals surface area (Å²) in [6.07, 6.45) is 0.0539. The average Bonchev–Trinajstić information content (AvgIpc) is 2.68. The highest BCUT2D eigenvalue weighted by Crippen LogP contribution is 2.11. The van der Waals surface area contributed by atoms with Crippen LogP contribution in [0.15, 0.2) is 53.3 Å². The summed E-state index contributed by atoms with van der Waals surface area (Å²) in [7, 11) is 0. The van der Waals surface area contributed by atoms with E-state index in [-0.39, 0.29) is 30.3 Å². The number of anilines is 1. The first-order chi connectivity index (χ1) is 13.1. The van der Waals surface area contributed by atoms with Crippen LogP contribution in [-0.2, 0) is 11.3 Å². The second-order valence-electron chi connectivity index (χ2n) is 5.87. The third kappa shape index (κ3) is 4.35. The van der Waals surface area contributed by atoms with E-state index in [0.29, 0.717) is 28.7 Å². The Morgan fingerprint density at radius 3 is 2.74 bits per heavy atom. The van der Waals surface area contributed by atoms with Crippen molar-refractivity contribution in [3.05, 3.63) is 64.4 Å². The SMILES string of the molecule is CCNC(=O)c1cccc(NC(=O)CCn2nnc3ccccc3c2=O)c1. The predicted molar refractivity (Wildman–Crippen MR) is 101 cm³/mol. The van der Waals surface area contributed by atoms with Crippen LogP contribution in [0.5, 0.6) is 0 Å². The third-order valence-electron chi connectivity index (χ3n) is 3.93. The lowest BCUT2D eigenvalue weighted by Crippen LogP contribution is -2.26. The maximum atomic E-state index is 12.4. The number of nitrogens with one attached hydrogen (secondary N) is 2. The monoisotopic (exact) mass is 365 g/mol. The van der Waals surface area contributed by atoms with Crippen molar-refractivity contribution in [2.24, 2.45) is 0 Å². The van der Waals surface area contributed by atoms with Gasteiger partial charge >= 0.3 is 0 Å². The molecule has 0 aliphatic carbocycles. The normalized spacial score (nSPS) is 10.6. The zero-order chi connectivity index (χ0) is 19.2. The molecule has 8 heteroatoms. The fourth-order valence-corrected chi connectivity index (χ4v) is 2.60. The lowest BCUT2D eigenvalue weighted by atomic mass is 10.2. The van der Waals surface area contributed by atoms with Gasteiger partial charge in [0.15, 0.2) is 0 Å². The Balaban J connectivity index is 1.65. The summed E-state index contributed by atoms with van der Waals surface area (Å²) in [5.74, 6) is -0.489. The van der Waals surface area contributed by atoms with Crippen LogP contribution in [0.4, 0.5) is 5.69 Å². The van der Waals surface area contributed by atoms with Crippen LogP contribution in [-0.4, -0.2) is 33.4 Å². The Morgan fingerprint density at radius 1 is 1.11 bits per heavy atom. The first-order valence-electron chi connectivity index (χ1n) is 8.59. The lowest BCUT2D eigenvalue weighted by molar-refractivity contribution is -0.116. The van der Waals surface area contributed by atoms with Crippen molar-refractivity contribution in [1.82, 2.24) is 20.3 Å². The van der Waals surface area contributed by atoms with Gasteiger partial charge in [-0.1, -0.05) is 23.4 Å². The molecule has 0 aliphatic rings. The Hall–Kier alpha value is -3.55. The minimum absolute atomic E-state index is 0.0539. The summed E-state index contributed by atoms with van der Waals surface area (Å²) in [4.78, 5) is 36.4. The van der Waals surface area contributed by atoms with Crippen LogP contribution < -0.4 is 16.2 Å². The number of carbonyl (C=O) groups excluding carboxylic acids is 2. The van der Waals surface area contributed by atoms with Gasteiger partial charge in [0.1, 0.15) is 5.52 Å². The van der Waals surface area contributed by atoms with E-state index in [1.165, 1.54) is 4.68 Å². The average molecular weight is 365 g/mol. The van der Waals surface area contributed by atoms with Gasteiger partial charge in [0, 0.05) is 24.2 Å². The molecule has 0 unspecified atom stereocenters. The van der Waals surface area contributed by atoms with E-state index in [0.717, 1.165) is 0 Å². The summed E-state index contributed by atoms with van der Waals surface area (Å²) >= 11 is 0. The number of amides is 2. The number of carbonyl (C=O) groups is 2. The smallest absolute Gasteiger partial charge is 0.277 e. The molecule has 1 heterocycles. The van der Waals surface area contributed by atoms with Crippen molar-refractivity contribution in [3.8, 4) is 0 Å². The number of fused-ring (bicyclic) bond motifs is 1. The molecule has 8 nitrogen and oxygen atoms in total. The minimum Gasteiger partial charge on any atom is -0.352 e. The molecule has 0 atom stereocenters. The molecular formula is C19H19N5O3. The van der Waals surface area contributed by atoms with Gasteiger partial charge in [0.25, 0.3) is 11.5 Å². The summed E-state index contributed by atoms with van der Waals surface area (Å²) in [6.45, 7) is 2.47. The van der Waals surface area contributed by atoms with Gasteiger partial charge in [-0.25, -0.2) is 4.68 Å². The first kappa shape index (κ1) is 18.2. The molecule has 1 aromatic heterocycles. The van der Waals surface area contributed by atoms with Crippen molar-refractivity contribution in [2.45, 2.75) is 19.9 Å². The lowest BCUT2D eigenvalue weighted by Gasteiger charge is -2.08. The number of aryl methyl sites for hydroxylation is 1. The fraction of sp³-hybridized carbons (Fsp3) is 0.211. The number of nitrogens with zero attached hydrogens (tertiary/aromatic N) is 3. The van der Waals surface area contributed by atoms with Crippen LogP contribution in [0.25, 0.3) is 10.9 Å². The summed E-state index contributed by atoms with van der Waals surface area (Å²) < 4.78 is 1.17. The van der Waals surface area contributed by atoms with Gasteiger partial charge in [-0.05, 0) is 37.3 Å². The highest BCUT2D eigenvalue weighted by Gasteiger charge is 2.09. The molecule has 0 saturated carbocycles. The molecule has 3 aromatic rings. The molecule has 2 amide bonds. The molecule has 0 radical (unpaired) electrons. The molecule has 3 rings (SSSR count). The van der Waals surface area contributed by atoms with Gasteiger partial charge in [-0.3, -0.25) is 14.4 Å². The number of hydrogen-bond donors (Lipinski definition) is 2.